The van der Waals surface area contributed by atoms with E-state index in [4.69, 9.17) is 32.7 Å². The Hall–Kier alpha value is -1.49. The minimum absolute atomic E-state index is 0.168. The molecule has 0 aliphatic heterocycles. The first-order valence-electron chi connectivity index (χ1n) is 8.54. The van der Waals surface area contributed by atoms with Crippen molar-refractivity contribution in [3.8, 4) is 11.5 Å². The molecule has 0 amide bonds. The van der Waals surface area contributed by atoms with Crippen molar-refractivity contribution in [2.75, 3.05) is 13.7 Å². The molecule has 0 radical (unpaired) electrons. The number of hydrogen-bond donors (Lipinski definition) is 1. The van der Waals surface area contributed by atoms with Crippen molar-refractivity contribution in [2.24, 2.45) is 5.92 Å². The fourth-order valence-electron chi connectivity index (χ4n) is 2.43. The van der Waals surface area contributed by atoms with Gasteiger partial charge in [-0.3, -0.25) is 0 Å². The minimum atomic E-state index is -0.385. The number of nitrogens with one attached hydrogen (secondary N) is 1. The van der Waals surface area contributed by atoms with E-state index in [2.05, 4.69) is 19.2 Å². The summed E-state index contributed by atoms with van der Waals surface area (Å²) in [4.78, 5) is 0. The summed E-state index contributed by atoms with van der Waals surface area (Å²) in [6.45, 7) is 6.20. The van der Waals surface area contributed by atoms with Crippen LogP contribution in [0.2, 0.25) is 10.0 Å². The Morgan fingerprint density at radius 2 is 1.88 bits per heavy atom. The van der Waals surface area contributed by atoms with E-state index in [1.165, 1.54) is 12.1 Å². The lowest BCUT2D eigenvalue weighted by Gasteiger charge is -2.15. The largest absolute Gasteiger partial charge is 0.493 e. The second kappa shape index (κ2) is 10.0. The van der Waals surface area contributed by atoms with Crippen LogP contribution in [-0.4, -0.2) is 13.7 Å². The van der Waals surface area contributed by atoms with Gasteiger partial charge in [0.15, 0.2) is 11.5 Å². The van der Waals surface area contributed by atoms with Crippen molar-refractivity contribution in [3.63, 3.8) is 0 Å². The van der Waals surface area contributed by atoms with E-state index < -0.39 is 0 Å². The molecule has 2 aromatic rings. The molecule has 2 aromatic carbocycles. The van der Waals surface area contributed by atoms with E-state index in [9.17, 15) is 4.39 Å². The zero-order chi connectivity index (χ0) is 19.1. The molecule has 2 rings (SSSR count). The number of benzene rings is 2. The fraction of sp³-hybridized carbons (Fsp3) is 0.400. The smallest absolute Gasteiger partial charge is 0.180 e. The number of ether oxygens (including phenoxy) is 2. The third-order valence-electron chi connectivity index (χ3n) is 3.90. The Labute approximate surface area is 164 Å². The van der Waals surface area contributed by atoms with Crippen LogP contribution in [-0.2, 0) is 13.2 Å². The summed E-state index contributed by atoms with van der Waals surface area (Å²) >= 11 is 12.4. The lowest BCUT2D eigenvalue weighted by atomic mass is 10.1. The Kier molecular flexibility index (Phi) is 8.01. The third-order valence-corrected chi connectivity index (χ3v) is 4.54. The van der Waals surface area contributed by atoms with E-state index in [1.807, 2.05) is 12.1 Å². The maximum atomic E-state index is 13.1. The second-order valence-electron chi connectivity index (χ2n) is 6.49. The number of hydrogen-bond acceptors (Lipinski definition) is 3. The summed E-state index contributed by atoms with van der Waals surface area (Å²) < 4.78 is 24.3. The van der Waals surface area contributed by atoms with E-state index in [0.29, 0.717) is 39.6 Å². The Bertz CT molecular complexity index is 738. The van der Waals surface area contributed by atoms with Crippen molar-refractivity contribution < 1.29 is 13.9 Å². The van der Waals surface area contributed by atoms with Crippen molar-refractivity contribution in [1.82, 2.24) is 5.32 Å². The number of halogens is 3. The van der Waals surface area contributed by atoms with Gasteiger partial charge in [0.1, 0.15) is 12.4 Å². The van der Waals surface area contributed by atoms with Gasteiger partial charge in [0, 0.05) is 12.1 Å². The van der Waals surface area contributed by atoms with Crippen molar-refractivity contribution >= 4 is 23.2 Å². The molecule has 3 nitrogen and oxygen atoms in total. The molecule has 142 valence electrons. The summed E-state index contributed by atoms with van der Waals surface area (Å²) in [5, 5.41) is 4.17. The molecule has 0 spiro atoms. The lowest BCUT2D eigenvalue weighted by molar-refractivity contribution is 0.284. The van der Waals surface area contributed by atoms with E-state index >= 15 is 0 Å². The van der Waals surface area contributed by atoms with Crippen LogP contribution in [0.5, 0.6) is 11.5 Å². The molecular weight excluding hydrogens is 376 g/mol. The molecule has 0 aliphatic carbocycles. The topological polar surface area (TPSA) is 30.5 Å². The molecule has 0 saturated heterocycles. The van der Waals surface area contributed by atoms with Crippen molar-refractivity contribution in [2.45, 2.75) is 33.4 Å². The second-order valence-corrected chi connectivity index (χ2v) is 7.31. The molecule has 1 N–H and O–H groups in total. The Balaban J connectivity index is 2.06. The standard InChI is InChI=1S/C20H24Cl2FNO2/c1-13(2)6-7-24-11-14-8-18(22)20(19(9-14)25-3)26-12-15-4-5-16(23)10-17(15)21/h4-5,8-10,13,24H,6-7,11-12H2,1-3H3. The van der Waals surface area contributed by atoms with Crippen LogP contribution < -0.4 is 14.8 Å². The fourth-order valence-corrected chi connectivity index (χ4v) is 2.94. The monoisotopic (exact) mass is 399 g/mol. The molecule has 0 atom stereocenters. The van der Waals surface area contributed by atoms with Crippen LogP contribution in [0.25, 0.3) is 0 Å². The van der Waals surface area contributed by atoms with Gasteiger partial charge in [-0.15, -0.1) is 0 Å². The normalized spacial score (nSPS) is 11.0. The predicted molar refractivity (Wildman–Crippen MR) is 105 cm³/mol. The number of methoxy groups -OCH3 is 1. The molecular formula is C20H24Cl2FNO2. The SMILES string of the molecule is COc1cc(CNCCC(C)C)cc(Cl)c1OCc1ccc(F)cc1Cl. The van der Waals surface area contributed by atoms with Crippen LogP contribution in [0.3, 0.4) is 0 Å². The quantitative estimate of drug-likeness (QED) is 0.535. The zero-order valence-electron chi connectivity index (χ0n) is 15.2. The molecule has 6 heteroatoms. The van der Waals surface area contributed by atoms with Crippen LogP contribution >= 0.6 is 23.2 Å². The molecule has 0 aliphatic rings. The highest BCUT2D eigenvalue weighted by Crippen LogP contribution is 2.37. The highest BCUT2D eigenvalue weighted by atomic mass is 35.5. The number of rotatable bonds is 9. The molecule has 0 aromatic heterocycles. The molecule has 26 heavy (non-hydrogen) atoms. The maximum absolute atomic E-state index is 13.1. The summed E-state index contributed by atoms with van der Waals surface area (Å²) in [6.07, 6.45) is 1.12. The van der Waals surface area contributed by atoms with Gasteiger partial charge >= 0.3 is 0 Å². The minimum Gasteiger partial charge on any atom is -0.493 e. The molecule has 0 bridgehead atoms. The maximum Gasteiger partial charge on any atom is 0.180 e. The Morgan fingerprint density at radius 1 is 1.12 bits per heavy atom. The molecule has 0 saturated carbocycles. The summed E-state index contributed by atoms with van der Waals surface area (Å²) in [7, 11) is 1.57. The average Bonchev–Trinajstić information content (AvgIpc) is 2.58. The van der Waals surface area contributed by atoms with Crippen LogP contribution in [0.1, 0.15) is 31.4 Å². The van der Waals surface area contributed by atoms with Crippen molar-refractivity contribution in [1.29, 1.82) is 0 Å². The highest BCUT2D eigenvalue weighted by Gasteiger charge is 2.13. The van der Waals surface area contributed by atoms with Gasteiger partial charge in [-0.05, 0) is 48.7 Å². The van der Waals surface area contributed by atoms with Gasteiger partial charge < -0.3 is 14.8 Å². The van der Waals surface area contributed by atoms with Crippen LogP contribution in [0.4, 0.5) is 4.39 Å². The summed E-state index contributed by atoms with van der Waals surface area (Å²) in [5.41, 5.74) is 1.69. The molecule has 0 fully saturated rings. The van der Waals surface area contributed by atoms with E-state index in [-0.39, 0.29) is 12.4 Å². The molecule has 0 heterocycles. The highest BCUT2D eigenvalue weighted by molar-refractivity contribution is 6.32. The predicted octanol–water partition coefficient (Wildman–Crippen LogP) is 5.86. The lowest BCUT2D eigenvalue weighted by Crippen LogP contribution is -2.16. The Morgan fingerprint density at radius 3 is 2.54 bits per heavy atom. The van der Waals surface area contributed by atoms with Gasteiger partial charge in [0.25, 0.3) is 0 Å². The van der Waals surface area contributed by atoms with Crippen LogP contribution in [0, 0.1) is 11.7 Å². The first kappa shape index (κ1) is 20.8. The third kappa shape index (κ3) is 6.04. The summed E-state index contributed by atoms with van der Waals surface area (Å²) in [5.74, 6) is 1.27. The van der Waals surface area contributed by atoms with Gasteiger partial charge in [0.05, 0.1) is 17.2 Å². The van der Waals surface area contributed by atoms with E-state index in [0.717, 1.165) is 18.5 Å². The zero-order valence-corrected chi connectivity index (χ0v) is 16.8. The summed E-state index contributed by atoms with van der Waals surface area (Å²) in [6, 6.07) is 7.94. The van der Waals surface area contributed by atoms with Gasteiger partial charge in [0.2, 0.25) is 0 Å². The average molecular weight is 400 g/mol. The van der Waals surface area contributed by atoms with Crippen molar-refractivity contribution in [3.05, 3.63) is 57.3 Å². The first-order valence-corrected chi connectivity index (χ1v) is 9.30. The van der Waals surface area contributed by atoms with Gasteiger partial charge in [-0.25, -0.2) is 4.39 Å². The van der Waals surface area contributed by atoms with E-state index in [1.54, 1.807) is 13.2 Å². The molecule has 0 unspecified atom stereocenters. The van der Waals surface area contributed by atoms with Gasteiger partial charge in [-0.2, -0.15) is 0 Å². The van der Waals surface area contributed by atoms with Gasteiger partial charge in [-0.1, -0.05) is 43.1 Å². The first-order chi connectivity index (χ1) is 12.4. The van der Waals surface area contributed by atoms with Crippen LogP contribution in [0.15, 0.2) is 30.3 Å².